The number of aromatic nitrogens is 3. The fourth-order valence-electron chi connectivity index (χ4n) is 4.13. The van der Waals surface area contributed by atoms with Crippen molar-refractivity contribution in [3.05, 3.63) is 84.3 Å². The number of anilines is 1. The quantitative estimate of drug-likeness (QED) is 0.369. The largest absolute Gasteiger partial charge is 0.399 e. The van der Waals surface area contributed by atoms with Gasteiger partial charge in [-0.1, -0.05) is 30.3 Å². The topological polar surface area (TPSA) is 80.5 Å². The highest BCUT2D eigenvalue weighted by Crippen LogP contribution is 2.32. The molecule has 0 aliphatic carbocycles. The molecule has 0 unspecified atom stereocenters. The highest BCUT2D eigenvalue weighted by atomic mass is 15.1. The van der Waals surface area contributed by atoms with E-state index in [-0.39, 0.29) is 0 Å². The molecule has 5 aromatic rings. The minimum atomic E-state index is -0.533. The number of imidazole rings is 1. The van der Waals surface area contributed by atoms with E-state index in [2.05, 4.69) is 39.9 Å². The maximum absolute atomic E-state index is 9.46. The van der Waals surface area contributed by atoms with Crippen LogP contribution < -0.4 is 5.73 Å². The van der Waals surface area contributed by atoms with Crippen molar-refractivity contribution < 1.29 is 0 Å². The Kier molecular flexibility index (Phi) is 4.45. The summed E-state index contributed by atoms with van der Waals surface area (Å²) in [7, 11) is 0. The number of benzene rings is 3. The predicted molar refractivity (Wildman–Crippen MR) is 130 cm³/mol. The van der Waals surface area contributed by atoms with Crippen LogP contribution in [0.4, 0.5) is 5.69 Å². The molecule has 2 heterocycles. The first-order chi connectivity index (χ1) is 15.4. The summed E-state index contributed by atoms with van der Waals surface area (Å²) in [6.45, 7) is 5.86. The van der Waals surface area contributed by atoms with Crippen molar-refractivity contribution in [3.8, 4) is 22.9 Å². The van der Waals surface area contributed by atoms with Gasteiger partial charge < -0.3 is 5.73 Å². The zero-order valence-corrected chi connectivity index (χ0v) is 18.3. The lowest BCUT2D eigenvalue weighted by Gasteiger charge is -2.17. The van der Waals surface area contributed by atoms with Crippen LogP contribution >= 0.6 is 0 Å². The standard InChI is InChI=1S/C27H23N5/c1-17-31-25-15-30-24-13-6-19(18-4-9-21(29)10-5-18)14-23(24)26(25)32(17)22-11-7-20(8-12-22)27(2,3)16-28/h4-15H,29H2,1-3H3. The lowest BCUT2D eigenvalue weighted by atomic mass is 9.86. The summed E-state index contributed by atoms with van der Waals surface area (Å²) in [5, 5.41) is 10.5. The van der Waals surface area contributed by atoms with Crippen molar-refractivity contribution in [3.63, 3.8) is 0 Å². The van der Waals surface area contributed by atoms with Crippen molar-refractivity contribution in [1.82, 2.24) is 14.5 Å². The molecule has 3 aromatic carbocycles. The summed E-state index contributed by atoms with van der Waals surface area (Å²) in [6.07, 6.45) is 1.83. The minimum Gasteiger partial charge on any atom is -0.399 e. The first kappa shape index (κ1) is 19.8. The molecule has 0 spiro atoms. The fraction of sp³-hybridized carbons (Fsp3) is 0.148. The maximum Gasteiger partial charge on any atom is 0.111 e. The Balaban J connectivity index is 1.73. The Morgan fingerprint density at radius 3 is 2.28 bits per heavy atom. The molecule has 0 aliphatic rings. The molecule has 2 N–H and O–H groups in total. The van der Waals surface area contributed by atoms with Gasteiger partial charge in [0.15, 0.2) is 0 Å². The van der Waals surface area contributed by atoms with Gasteiger partial charge in [0.05, 0.1) is 28.7 Å². The number of fused-ring (bicyclic) bond motifs is 3. The van der Waals surface area contributed by atoms with Crippen LogP contribution in [0, 0.1) is 18.3 Å². The van der Waals surface area contributed by atoms with Gasteiger partial charge in [-0.25, -0.2) is 4.98 Å². The minimum absolute atomic E-state index is 0.533. The number of nitrogens with zero attached hydrogens (tertiary/aromatic N) is 4. The van der Waals surface area contributed by atoms with Crippen LogP contribution in [0.25, 0.3) is 38.8 Å². The van der Waals surface area contributed by atoms with Crippen molar-refractivity contribution in [2.75, 3.05) is 5.73 Å². The molecule has 156 valence electrons. The van der Waals surface area contributed by atoms with E-state index in [0.29, 0.717) is 0 Å². The van der Waals surface area contributed by atoms with Crippen LogP contribution in [0.2, 0.25) is 0 Å². The van der Waals surface area contributed by atoms with E-state index in [1.54, 1.807) is 0 Å². The summed E-state index contributed by atoms with van der Waals surface area (Å²) in [5.41, 5.74) is 13.1. The number of pyridine rings is 1. The smallest absolute Gasteiger partial charge is 0.111 e. The van der Waals surface area contributed by atoms with Crippen molar-refractivity contribution >= 4 is 27.6 Å². The monoisotopic (exact) mass is 417 g/mol. The van der Waals surface area contributed by atoms with Gasteiger partial charge in [0.2, 0.25) is 0 Å². The van der Waals surface area contributed by atoms with Crippen LogP contribution in [0.15, 0.2) is 72.9 Å². The summed E-state index contributed by atoms with van der Waals surface area (Å²) in [5.74, 6) is 0.888. The van der Waals surface area contributed by atoms with Crippen molar-refractivity contribution in [2.45, 2.75) is 26.2 Å². The summed E-state index contributed by atoms with van der Waals surface area (Å²) >= 11 is 0. The maximum atomic E-state index is 9.46. The molecular formula is C27H23N5. The number of hydrogen-bond donors (Lipinski definition) is 1. The normalized spacial score (nSPS) is 11.7. The summed E-state index contributed by atoms with van der Waals surface area (Å²) in [6, 6.07) is 24.7. The number of nitriles is 1. The molecule has 0 saturated heterocycles. The van der Waals surface area contributed by atoms with E-state index in [1.165, 1.54) is 0 Å². The molecule has 0 amide bonds. The molecule has 0 radical (unpaired) electrons. The van der Waals surface area contributed by atoms with Crippen LogP contribution in [-0.2, 0) is 5.41 Å². The third kappa shape index (κ3) is 3.17. The van der Waals surface area contributed by atoms with Crippen molar-refractivity contribution in [2.24, 2.45) is 0 Å². The van der Waals surface area contributed by atoms with Gasteiger partial charge >= 0.3 is 0 Å². The van der Waals surface area contributed by atoms with Gasteiger partial charge in [-0.05, 0) is 73.9 Å². The van der Waals surface area contributed by atoms with Gasteiger partial charge in [-0.3, -0.25) is 9.55 Å². The first-order valence-electron chi connectivity index (χ1n) is 10.5. The number of nitrogen functional groups attached to an aromatic ring is 1. The van der Waals surface area contributed by atoms with E-state index < -0.39 is 5.41 Å². The summed E-state index contributed by atoms with van der Waals surface area (Å²) < 4.78 is 2.16. The Morgan fingerprint density at radius 2 is 1.59 bits per heavy atom. The highest BCUT2D eigenvalue weighted by molar-refractivity contribution is 6.04. The van der Waals surface area contributed by atoms with E-state index in [4.69, 9.17) is 10.7 Å². The third-order valence-corrected chi connectivity index (χ3v) is 6.02. The zero-order valence-electron chi connectivity index (χ0n) is 18.3. The molecule has 0 aliphatic heterocycles. The molecule has 32 heavy (non-hydrogen) atoms. The second-order valence-electron chi connectivity index (χ2n) is 8.62. The molecule has 5 heteroatoms. The molecule has 0 saturated carbocycles. The van der Waals surface area contributed by atoms with E-state index in [1.807, 2.05) is 69.4 Å². The van der Waals surface area contributed by atoms with Gasteiger partial charge in [-0.2, -0.15) is 5.26 Å². The van der Waals surface area contributed by atoms with Gasteiger partial charge in [0.1, 0.15) is 11.3 Å². The lowest BCUT2D eigenvalue weighted by Crippen LogP contribution is -2.13. The van der Waals surface area contributed by atoms with Gasteiger partial charge in [-0.15, -0.1) is 0 Å². The van der Waals surface area contributed by atoms with Gasteiger partial charge in [0, 0.05) is 16.8 Å². The van der Waals surface area contributed by atoms with Crippen LogP contribution in [-0.4, -0.2) is 14.5 Å². The summed E-state index contributed by atoms with van der Waals surface area (Å²) in [4.78, 5) is 9.40. The molecule has 0 bridgehead atoms. The molecule has 2 aromatic heterocycles. The van der Waals surface area contributed by atoms with Crippen molar-refractivity contribution in [1.29, 1.82) is 5.26 Å². The van der Waals surface area contributed by atoms with Crippen LogP contribution in [0.5, 0.6) is 0 Å². The van der Waals surface area contributed by atoms with E-state index >= 15 is 0 Å². The average Bonchev–Trinajstić information content (AvgIpc) is 3.15. The molecule has 5 nitrogen and oxygen atoms in total. The number of nitrogens with two attached hydrogens (primary N) is 1. The molecular weight excluding hydrogens is 394 g/mol. The molecule has 5 rings (SSSR count). The molecule has 0 fully saturated rings. The Morgan fingerprint density at radius 1 is 0.906 bits per heavy atom. The van der Waals surface area contributed by atoms with Gasteiger partial charge in [0.25, 0.3) is 0 Å². The van der Waals surface area contributed by atoms with E-state index in [9.17, 15) is 5.26 Å². The van der Waals surface area contributed by atoms with Crippen LogP contribution in [0.3, 0.4) is 0 Å². The van der Waals surface area contributed by atoms with Crippen LogP contribution in [0.1, 0.15) is 25.2 Å². The SMILES string of the molecule is Cc1nc2cnc3ccc(-c4ccc(N)cc4)cc3c2n1-c1ccc(C(C)(C)C#N)cc1. The third-order valence-electron chi connectivity index (χ3n) is 6.02. The predicted octanol–water partition coefficient (Wildman–Crippen LogP) is 5.93. The second kappa shape index (κ2) is 7.21. The zero-order chi connectivity index (χ0) is 22.5. The number of hydrogen-bond acceptors (Lipinski definition) is 4. The lowest BCUT2D eigenvalue weighted by molar-refractivity contribution is 0.686. The molecule has 0 atom stereocenters. The fourth-order valence-corrected chi connectivity index (χ4v) is 4.13. The Bertz CT molecular complexity index is 1500. The number of rotatable bonds is 3. The average molecular weight is 418 g/mol. The first-order valence-corrected chi connectivity index (χ1v) is 10.5. The Labute approximate surface area is 186 Å². The second-order valence-corrected chi connectivity index (χ2v) is 8.62. The van der Waals surface area contributed by atoms with E-state index in [0.717, 1.165) is 55.8 Å². The number of aryl methyl sites for hydroxylation is 1. The highest BCUT2D eigenvalue weighted by Gasteiger charge is 2.20. The Hall–Kier alpha value is -4.17.